The van der Waals surface area contributed by atoms with Crippen molar-refractivity contribution in [2.75, 3.05) is 6.61 Å². The second-order valence-corrected chi connectivity index (χ2v) is 5.20. The fourth-order valence-electron chi connectivity index (χ4n) is 2.01. The number of carbonyl (C=O) groups excluding carboxylic acids is 1. The number of rotatable bonds is 2. The quantitative estimate of drug-likeness (QED) is 0.786. The largest absolute Gasteiger partial charge is 0.485 e. The first-order valence-corrected chi connectivity index (χ1v) is 6.78. The summed E-state index contributed by atoms with van der Waals surface area (Å²) in [5, 5.41) is 0.794. The lowest BCUT2D eigenvalue weighted by molar-refractivity contribution is 0.0586. The minimum atomic E-state index is -0.705. The van der Waals surface area contributed by atoms with E-state index in [4.69, 9.17) is 32.7 Å². The van der Waals surface area contributed by atoms with Gasteiger partial charge in [-0.1, -0.05) is 35.3 Å². The van der Waals surface area contributed by atoms with Gasteiger partial charge in [-0.25, -0.2) is 0 Å². The van der Waals surface area contributed by atoms with Crippen LogP contribution in [0.3, 0.4) is 0 Å². The van der Waals surface area contributed by atoms with Crippen LogP contribution >= 0.6 is 23.2 Å². The normalized spacial score (nSPS) is 16.8. The maximum Gasteiger partial charge on any atom is 0.208 e. The van der Waals surface area contributed by atoms with Crippen LogP contribution in [0.5, 0.6) is 11.5 Å². The van der Waals surface area contributed by atoms with Crippen molar-refractivity contribution in [2.45, 2.75) is 6.10 Å². The van der Waals surface area contributed by atoms with Gasteiger partial charge in [-0.05, 0) is 30.3 Å². The van der Waals surface area contributed by atoms with Crippen LogP contribution in [0.1, 0.15) is 10.4 Å². The summed E-state index contributed by atoms with van der Waals surface area (Å²) in [6.07, 6.45) is -0.705. The first kappa shape index (κ1) is 13.3. The van der Waals surface area contributed by atoms with Gasteiger partial charge in [-0.2, -0.15) is 0 Å². The van der Waals surface area contributed by atoms with Gasteiger partial charge in [0.25, 0.3) is 0 Å². The van der Waals surface area contributed by atoms with Crippen molar-refractivity contribution in [1.29, 1.82) is 0 Å². The second-order valence-electron chi connectivity index (χ2n) is 4.35. The third-order valence-electron chi connectivity index (χ3n) is 3.00. The van der Waals surface area contributed by atoms with Gasteiger partial charge in [-0.3, -0.25) is 4.79 Å². The molecule has 1 atom stereocenters. The van der Waals surface area contributed by atoms with E-state index >= 15 is 0 Å². The van der Waals surface area contributed by atoms with Gasteiger partial charge in [0.1, 0.15) is 6.61 Å². The Labute approximate surface area is 126 Å². The molecule has 1 aliphatic rings. The van der Waals surface area contributed by atoms with Crippen molar-refractivity contribution in [3.05, 3.63) is 58.1 Å². The standard InChI is InChI=1S/C15H10Cl2O3/c16-9-5-6-10(11(17)7-9)15(18)14-8-19-12-3-1-2-4-13(12)20-14/h1-7,14H,8H2. The number of hydrogen-bond acceptors (Lipinski definition) is 3. The molecule has 0 saturated carbocycles. The van der Waals surface area contributed by atoms with Gasteiger partial charge in [0.05, 0.1) is 5.02 Å². The lowest BCUT2D eigenvalue weighted by Crippen LogP contribution is -2.36. The third-order valence-corrected chi connectivity index (χ3v) is 3.55. The zero-order chi connectivity index (χ0) is 14.1. The van der Waals surface area contributed by atoms with Gasteiger partial charge in [0, 0.05) is 10.6 Å². The van der Waals surface area contributed by atoms with Gasteiger partial charge in [-0.15, -0.1) is 0 Å². The summed E-state index contributed by atoms with van der Waals surface area (Å²) in [5.74, 6) is 0.974. The lowest BCUT2D eigenvalue weighted by atomic mass is 10.1. The topological polar surface area (TPSA) is 35.5 Å². The van der Waals surface area contributed by atoms with E-state index in [1.807, 2.05) is 12.1 Å². The molecule has 0 aliphatic carbocycles. The van der Waals surface area contributed by atoms with Crippen LogP contribution in [0, 0.1) is 0 Å². The highest BCUT2D eigenvalue weighted by Gasteiger charge is 2.29. The van der Waals surface area contributed by atoms with Crippen molar-refractivity contribution in [3.8, 4) is 11.5 Å². The molecule has 20 heavy (non-hydrogen) atoms. The molecule has 0 N–H and O–H groups in total. The van der Waals surface area contributed by atoms with Gasteiger partial charge in [0.15, 0.2) is 17.6 Å². The van der Waals surface area contributed by atoms with E-state index in [0.29, 0.717) is 27.1 Å². The van der Waals surface area contributed by atoms with Gasteiger partial charge >= 0.3 is 0 Å². The van der Waals surface area contributed by atoms with E-state index < -0.39 is 6.10 Å². The van der Waals surface area contributed by atoms with Crippen LogP contribution in [0.2, 0.25) is 10.0 Å². The zero-order valence-corrected chi connectivity index (χ0v) is 11.8. The molecule has 3 nitrogen and oxygen atoms in total. The smallest absolute Gasteiger partial charge is 0.208 e. The highest BCUT2D eigenvalue weighted by Crippen LogP contribution is 2.32. The Hall–Kier alpha value is -1.71. The SMILES string of the molecule is O=C(c1ccc(Cl)cc1Cl)C1COc2ccccc2O1. The minimum Gasteiger partial charge on any atom is -0.485 e. The lowest BCUT2D eigenvalue weighted by Gasteiger charge is -2.25. The Kier molecular flexibility index (Phi) is 3.55. The van der Waals surface area contributed by atoms with Gasteiger partial charge < -0.3 is 9.47 Å². The first-order valence-electron chi connectivity index (χ1n) is 6.03. The van der Waals surface area contributed by atoms with Crippen molar-refractivity contribution in [1.82, 2.24) is 0 Å². The Balaban J connectivity index is 1.86. The summed E-state index contributed by atoms with van der Waals surface area (Å²) in [7, 11) is 0. The number of fused-ring (bicyclic) bond motifs is 1. The Morgan fingerprint density at radius 1 is 1.10 bits per heavy atom. The number of ether oxygens (including phenoxy) is 2. The number of ketones is 1. The van der Waals surface area contributed by atoms with E-state index in [1.54, 1.807) is 24.3 Å². The van der Waals surface area contributed by atoms with Crippen LogP contribution < -0.4 is 9.47 Å². The van der Waals surface area contributed by atoms with E-state index in [0.717, 1.165) is 0 Å². The molecule has 0 amide bonds. The number of halogens is 2. The maximum absolute atomic E-state index is 12.4. The predicted octanol–water partition coefficient (Wildman–Crippen LogP) is 4.02. The molecule has 3 rings (SSSR count). The fourth-order valence-corrected chi connectivity index (χ4v) is 2.51. The van der Waals surface area contributed by atoms with E-state index in [2.05, 4.69) is 0 Å². The van der Waals surface area contributed by atoms with Crippen LogP contribution in [-0.2, 0) is 0 Å². The van der Waals surface area contributed by atoms with Crippen molar-refractivity contribution >= 4 is 29.0 Å². The third kappa shape index (κ3) is 2.47. The Bertz CT molecular complexity index is 670. The number of carbonyl (C=O) groups is 1. The number of benzene rings is 2. The summed E-state index contributed by atoms with van der Waals surface area (Å²) in [5.41, 5.74) is 0.379. The number of hydrogen-bond donors (Lipinski definition) is 0. The summed E-state index contributed by atoms with van der Waals surface area (Å²) in [6.45, 7) is 0.162. The molecule has 0 aromatic heterocycles. The molecule has 0 fully saturated rings. The molecule has 1 unspecified atom stereocenters. The zero-order valence-electron chi connectivity index (χ0n) is 10.3. The average Bonchev–Trinajstić information content (AvgIpc) is 2.46. The summed E-state index contributed by atoms with van der Waals surface area (Å²) >= 11 is 11.9. The summed E-state index contributed by atoms with van der Waals surface area (Å²) < 4.78 is 11.2. The molecule has 0 radical (unpaired) electrons. The van der Waals surface area contributed by atoms with E-state index in [1.165, 1.54) is 6.07 Å². The van der Waals surface area contributed by atoms with Crippen LogP contribution in [0.25, 0.3) is 0 Å². The highest BCUT2D eigenvalue weighted by molar-refractivity contribution is 6.37. The van der Waals surface area contributed by atoms with Crippen LogP contribution in [0.15, 0.2) is 42.5 Å². The number of Topliss-reactive ketones (excluding diaryl/α,β-unsaturated/α-hetero) is 1. The van der Waals surface area contributed by atoms with Crippen molar-refractivity contribution < 1.29 is 14.3 Å². The first-order chi connectivity index (χ1) is 9.65. The van der Waals surface area contributed by atoms with Crippen LogP contribution in [-0.4, -0.2) is 18.5 Å². The molecule has 0 spiro atoms. The van der Waals surface area contributed by atoms with Gasteiger partial charge in [0.2, 0.25) is 5.78 Å². The molecule has 2 aromatic rings. The highest BCUT2D eigenvalue weighted by atomic mass is 35.5. The van der Waals surface area contributed by atoms with Crippen molar-refractivity contribution in [3.63, 3.8) is 0 Å². The predicted molar refractivity (Wildman–Crippen MR) is 77.1 cm³/mol. The molecule has 1 aliphatic heterocycles. The maximum atomic E-state index is 12.4. The Morgan fingerprint density at radius 3 is 2.60 bits per heavy atom. The molecule has 102 valence electrons. The van der Waals surface area contributed by atoms with Crippen LogP contribution in [0.4, 0.5) is 0 Å². The second kappa shape index (κ2) is 5.35. The monoisotopic (exact) mass is 308 g/mol. The van der Waals surface area contributed by atoms with E-state index in [-0.39, 0.29) is 12.4 Å². The minimum absolute atomic E-state index is 0.162. The summed E-state index contributed by atoms with van der Waals surface area (Å²) in [6, 6.07) is 12.0. The molecule has 0 saturated heterocycles. The average molecular weight is 309 g/mol. The molecule has 1 heterocycles. The van der Waals surface area contributed by atoms with E-state index in [9.17, 15) is 4.79 Å². The van der Waals surface area contributed by atoms with Crippen molar-refractivity contribution in [2.24, 2.45) is 0 Å². The molecule has 5 heteroatoms. The molecule has 0 bridgehead atoms. The Morgan fingerprint density at radius 2 is 1.85 bits per heavy atom. The summed E-state index contributed by atoms with van der Waals surface area (Å²) in [4.78, 5) is 12.4. The fraction of sp³-hybridized carbons (Fsp3) is 0.133. The molecular formula is C15H10Cl2O3. The molecule has 2 aromatic carbocycles. The number of para-hydroxylation sites is 2. The molecular weight excluding hydrogens is 299 g/mol.